The first-order valence-corrected chi connectivity index (χ1v) is 5.34. The molecule has 0 amide bonds. The normalized spacial score (nSPS) is 10.9. The summed E-state index contributed by atoms with van der Waals surface area (Å²) in [5, 5.41) is 15.3. The van der Waals surface area contributed by atoms with Crippen LogP contribution in [0.25, 0.3) is 0 Å². The summed E-state index contributed by atoms with van der Waals surface area (Å²) in [5.41, 5.74) is 0. The van der Waals surface area contributed by atoms with Gasteiger partial charge in [-0.15, -0.1) is 0 Å². The molecule has 0 aliphatic heterocycles. The highest BCUT2D eigenvalue weighted by molar-refractivity contribution is 5.66. The van der Waals surface area contributed by atoms with Crippen molar-refractivity contribution in [3.05, 3.63) is 11.7 Å². The Morgan fingerprint density at radius 1 is 1.56 bits per heavy atom. The standard InChI is InChI=1S/C10H17N3O3/c1-7(2)10-12-8(13-16-10)6-11-5-3-4-9(14)15/h7,11H,3-6H2,1-2H3,(H,14,15). The summed E-state index contributed by atoms with van der Waals surface area (Å²) in [6.45, 7) is 5.11. The van der Waals surface area contributed by atoms with Crippen LogP contribution in [0.15, 0.2) is 4.52 Å². The van der Waals surface area contributed by atoms with Crippen molar-refractivity contribution in [2.24, 2.45) is 0 Å². The second kappa shape index (κ2) is 6.22. The Morgan fingerprint density at radius 2 is 2.31 bits per heavy atom. The van der Waals surface area contributed by atoms with Crippen LogP contribution in [-0.2, 0) is 11.3 Å². The van der Waals surface area contributed by atoms with Crippen LogP contribution in [-0.4, -0.2) is 27.8 Å². The van der Waals surface area contributed by atoms with Gasteiger partial charge in [-0.05, 0) is 13.0 Å². The molecule has 0 spiro atoms. The molecule has 16 heavy (non-hydrogen) atoms. The highest BCUT2D eigenvalue weighted by Gasteiger charge is 2.08. The molecule has 90 valence electrons. The van der Waals surface area contributed by atoms with Gasteiger partial charge in [-0.1, -0.05) is 19.0 Å². The van der Waals surface area contributed by atoms with Crippen molar-refractivity contribution in [1.29, 1.82) is 0 Å². The van der Waals surface area contributed by atoms with E-state index in [-0.39, 0.29) is 12.3 Å². The van der Waals surface area contributed by atoms with Crippen LogP contribution in [0.3, 0.4) is 0 Å². The number of nitrogens with one attached hydrogen (secondary N) is 1. The molecular weight excluding hydrogens is 210 g/mol. The summed E-state index contributed by atoms with van der Waals surface area (Å²) in [6.07, 6.45) is 0.778. The maximum absolute atomic E-state index is 10.2. The van der Waals surface area contributed by atoms with Gasteiger partial charge in [0.15, 0.2) is 5.82 Å². The van der Waals surface area contributed by atoms with Gasteiger partial charge in [-0.3, -0.25) is 4.79 Å². The fraction of sp³-hybridized carbons (Fsp3) is 0.700. The van der Waals surface area contributed by atoms with Crippen molar-refractivity contribution < 1.29 is 14.4 Å². The molecule has 0 aliphatic rings. The van der Waals surface area contributed by atoms with Crippen LogP contribution in [0.5, 0.6) is 0 Å². The van der Waals surface area contributed by atoms with Crippen LogP contribution in [0.4, 0.5) is 0 Å². The number of hydrogen-bond donors (Lipinski definition) is 2. The lowest BCUT2D eigenvalue weighted by Gasteiger charge is -1.98. The zero-order valence-corrected chi connectivity index (χ0v) is 9.56. The molecule has 0 aliphatic carbocycles. The minimum atomic E-state index is -0.775. The molecule has 2 N–H and O–H groups in total. The van der Waals surface area contributed by atoms with Crippen molar-refractivity contribution in [3.63, 3.8) is 0 Å². The summed E-state index contributed by atoms with van der Waals surface area (Å²) in [4.78, 5) is 14.4. The molecule has 0 fully saturated rings. The molecule has 0 atom stereocenters. The number of aliphatic carboxylic acids is 1. The Hall–Kier alpha value is -1.43. The molecule has 6 heteroatoms. The largest absolute Gasteiger partial charge is 0.481 e. The minimum Gasteiger partial charge on any atom is -0.481 e. The van der Waals surface area contributed by atoms with Gasteiger partial charge in [0.05, 0.1) is 6.54 Å². The van der Waals surface area contributed by atoms with Crippen LogP contribution in [0, 0.1) is 0 Å². The zero-order chi connectivity index (χ0) is 12.0. The summed E-state index contributed by atoms with van der Waals surface area (Å²) in [7, 11) is 0. The van der Waals surface area contributed by atoms with E-state index in [4.69, 9.17) is 9.63 Å². The van der Waals surface area contributed by atoms with Crippen LogP contribution < -0.4 is 5.32 Å². The summed E-state index contributed by atoms with van der Waals surface area (Å²) in [6, 6.07) is 0. The van der Waals surface area contributed by atoms with Crippen molar-refractivity contribution in [1.82, 2.24) is 15.5 Å². The summed E-state index contributed by atoms with van der Waals surface area (Å²) >= 11 is 0. The number of aromatic nitrogens is 2. The Morgan fingerprint density at radius 3 is 2.88 bits per heavy atom. The van der Waals surface area contributed by atoms with Gasteiger partial charge in [0.2, 0.25) is 5.89 Å². The molecule has 0 bridgehead atoms. The molecule has 1 aromatic rings. The molecule has 0 unspecified atom stereocenters. The lowest BCUT2D eigenvalue weighted by molar-refractivity contribution is -0.137. The van der Waals surface area contributed by atoms with E-state index in [1.54, 1.807) is 0 Å². The number of carboxylic acid groups (broad SMARTS) is 1. The van der Waals surface area contributed by atoms with Gasteiger partial charge in [-0.2, -0.15) is 4.98 Å². The Labute approximate surface area is 94.0 Å². The number of hydrogen-bond acceptors (Lipinski definition) is 5. The highest BCUT2D eigenvalue weighted by atomic mass is 16.5. The summed E-state index contributed by atoms with van der Waals surface area (Å²) < 4.78 is 5.03. The van der Waals surface area contributed by atoms with E-state index in [9.17, 15) is 4.79 Å². The van der Waals surface area contributed by atoms with Crippen LogP contribution in [0.2, 0.25) is 0 Å². The fourth-order valence-corrected chi connectivity index (χ4v) is 1.14. The highest BCUT2D eigenvalue weighted by Crippen LogP contribution is 2.10. The second-order valence-electron chi connectivity index (χ2n) is 3.88. The van der Waals surface area contributed by atoms with E-state index in [2.05, 4.69) is 15.5 Å². The van der Waals surface area contributed by atoms with Gasteiger partial charge in [0.25, 0.3) is 0 Å². The van der Waals surface area contributed by atoms with E-state index in [0.717, 1.165) is 0 Å². The third kappa shape index (κ3) is 4.39. The van der Waals surface area contributed by atoms with E-state index in [1.165, 1.54) is 0 Å². The minimum absolute atomic E-state index is 0.177. The van der Waals surface area contributed by atoms with E-state index < -0.39 is 5.97 Å². The molecule has 0 saturated carbocycles. The number of rotatable bonds is 7. The topological polar surface area (TPSA) is 88.2 Å². The van der Waals surface area contributed by atoms with Crippen LogP contribution in [0.1, 0.15) is 44.3 Å². The van der Waals surface area contributed by atoms with E-state index in [0.29, 0.717) is 31.2 Å². The van der Waals surface area contributed by atoms with Crippen molar-refractivity contribution in [2.45, 2.75) is 39.2 Å². The molecule has 6 nitrogen and oxygen atoms in total. The molecule has 0 saturated heterocycles. The smallest absolute Gasteiger partial charge is 0.303 e. The SMILES string of the molecule is CC(C)c1nc(CNCCCC(=O)O)no1. The number of carbonyl (C=O) groups is 1. The Balaban J connectivity index is 2.19. The molecular formula is C10H17N3O3. The first-order valence-electron chi connectivity index (χ1n) is 5.34. The molecule has 1 heterocycles. The molecule has 0 radical (unpaired) electrons. The molecule has 1 aromatic heterocycles. The lowest BCUT2D eigenvalue weighted by atomic mass is 10.2. The maximum Gasteiger partial charge on any atom is 0.303 e. The van der Waals surface area contributed by atoms with Gasteiger partial charge >= 0.3 is 5.97 Å². The number of nitrogens with zero attached hydrogens (tertiary/aromatic N) is 2. The Kier molecular flexibility index (Phi) is 4.91. The lowest BCUT2D eigenvalue weighted by Crippen LogP contribution is -2.16. The average Bonchev–Trinajstić information content (AvgIpc) is 2.65. The zero-order valence-electron chi connectivity index (χ0n) is 9.56. The molecule has 0 aromatic carbocycles. The van der Waals surface area contributed by atoms with Gasteiger partial charge in [-0.25, -0.2) is 0 Å². The maximum atomic E-state index is 10.2. The third-order valence-electron chi connectivity index (χ3n) is 2.01. The molecule has 1 rings (SSSR count). The van der Waals surface area contributed by atoms with Crippen molar-refractivity contribution in [3.8, 4) is 0 Å². The van der Waals surface area contributed by atoms with Crippen molar-refractivity contribution >= 4 is 5.97 Å². The van der Waals surface area contributed by atoms with Crippen LogP contribution >= 0.6 is 0 Å². The monoisotopic (exact) mass is 227 g/mol. The quantitative estimate of drug-likeness (QED) is 0.679. The fourth-order valence-electron chi connectivity index (χ4n) is 1.14. The first kappa shape index (κ1) is 12.6. The summed E-state index contributed by atoms with van der Waals surface area (Å²) in [5.74, 6) is 0.693. The third-order valence-corrected chi connectivity index (χ3v) is 2.01. The van der Waals surface area contributed by atoms with Gasteiger partial charge in [0.1, 0.15) is 0 Å². The predicted octanol–water partition coefficient (Wildman–Crippen LogP) is 1.15. The average molecular weight is 227 g/mol. The predicted molar refractivity (Wildman–Crippen MR) is 57.0 cm³/mol. The van der Waals surface area contributed by atoms with Crippen molar-refractivity contribution in [2.75, 3.05) is 6.54 Å². The van der Waals surface area contributed by atoms with E-state index >= 15 is 0 Å². The van der Waals surface area contributed by atoms with Gasteiger partial charge < -0.3 is 14.9 Å². The van der Waals surface area contributed by atoms with Gasteiger partial charge in [0, 0.05) is 12.3 Å². The number of carboxylic acids is 1. The Bertz CT molecular complexity index is 336. The first-order chi connectivity index (χ1) is 7.59. The van der Waals surface area contributed by atoms with E-state index in [1.807, 2.05) is 13.8 Å². The second-order valence-corrected chi connectivity index (χ2v) is 3.88.